The van der Waals surface area contributed by atoms with Gasteiger partial charge in [0.15, 0.2) is 0 Å². The number of hydrogen-bond donors (Lipinski definition) is 2. The lowest BCUT2D eigenvalue weighted by Gasteiger charge is -2.15. The van der Waals surface area contributed by atoms with Gasteiger partial charge in [0, 0.05) is 11.8 Å². The van der Waals surface area contributed by atoms with Gasteiger partial charge in [-0.1, -0.05) is 0 Å². The van der Waals surface area contributed by atoms with Crippen molar-refractivity contribution in [3.8, 4) is 5.88 Å². The number of ether oxygens (including phenoxy) is 1. The van der Waals surface area contributed by atoms with Gasteiger partial charge in [0.05, 0.1) is 7.11 Å². The molecule has 0 aliphatic carbocycles. The summed E-state index contributed by atoms with van der Waals surface area (Å²) in [5, 5.41) is 11.9. The van der Waals surface area contributed by atoms with Gasteiger partial charge in [0.25, 0.3) is 5.91 Å². The van der Waals surface area contributed by atoms with Crippen LogP contribution in [0.2, 0.25) is 0 Å². The molecule has 0 aromatic carbocycles. The Kier molecular flexibility index (Phi) is 3.44. The van der Waals surface area contributed by atoms with Gasteiger partial charge in [-0.2, -0.15) is 4.98 Å². The van der Waals surface area contributed by atoms with Crippen LogP contribution in [0.5, 0.6) is 5.88 Å². The topological polar surface area (TPSA) is 84.3 Å². The van der Waals surface area contributed by atoms with Crippen molar-refractivity contribution in [1.82, 2.24) is 9.97 Å². The highest BCUT2D eigenvalue weighted by Gasteiger charge is 2.24. The Balaban J connectivity index is 2.89. The molecule has 0 saturated heterocycles. The van der Waals surface area contributed by atoms with E-state index in [4.69, 9.17) is 4.74 Å². The predicted octanol–water partition coefficient (Wildman–Crippen LogP) is 0.503. The van der Waals surface area contributed by atoms with Crippen molar-refractivity contribution in [3.63, 3.8) is 0 Å². The molecule has 88 valence electrons. The molecule has 2 N–H and O–H groups in total. The van der Waals surface area contributed by atoms with E-state index in [0.29, 0.717) is 11.6 Å². The molecule has 0 saturated carbocycles. The summed E-state index contributed by atoms with van der Waals surface area (Å²) in [6.07, 6.45) is 0. The fraction of sp³-hybridized carbons (Fsp3) is 0.500. The summed E-state index contributed by atoms with van der Waals surface area (Å²) in [5.74, 6) is -0.0947. The third-order valence-electron chi connectivity index (χ3n) is 1.82. The van der Waals surface area contributed by atoms with E-state index < -0.39 is 11.5 Å². The molecule has 0 atom stereocenters. The minimum atomic E-state index is -1.47. The molecule has 1 aromatic rings. The number of aromatic nitrogens is 2. The first kappa shape index (κ1) is 12.4. The number of carbonyl (C=O) groups excluding carboxylic acids is 1. The highest BCUT2D eigenvalue weighted by Crippen LogP contribution is 2.12. The zero-order chi connectivity index (χ0) is 12.3. The molecule has 6 nitrogen and oxygen atoms in total. The second kappa shape index (κ2) is 4.44. The summed E-state index contributed by atoms with van der Waals surface area (Å²) in [5.41, 5.74) is -0.807. The van der Waals surface area contributed by atoms with Crippen molar-refractivity contribution in [1.29, 1.82) is 0 Å². The molecule has 6 heteroatoms. The molecular formula is C10H15N3O3. The van der Waals surface area contributed by atoms with Crippen LogP contribution in [0.4, 0.5) is 5.95 Å². The number of aryl methyl sites for hydroxylation is 1. The van der Waals surface area contributed by atoms with Gasteiger partial charge >= 0.3 is 0 Å². The molecule has 1 amide bonds. The van der Waals surface area contributed by atoms with Crippen LogP contribution in [0.1, 0.15) is 19.5 Å². The second-order valence-corrected chi connectivity index (χ2v) is 3.89. The number of nitrogens with one attached hydrogen (secondary N) is 1. The normalized spacial score (nSPS) is 11.1. The lowest BCUT2D eigenvalue weighted by atomic mass is 10.1. The summed E-state index contributed by atoms with van der Waals surface area (Å²) in [6, 6.07) is 1.64. The van der Waals surface area contributed by atoms with Crippen molar-refractivity contribution < 1.29 is 14.6 Å². The SMILES string of the molecule is COc1cc(C)nc(NC(=O)C(C)(C)O)n1. The Hall–Kier alpha value is -1.69. The van der Waals surface area contributed by atoms with Crippen molar-refractivity contribution >= 4 is 11.9 Å². The van der Waals surface area contributed by atoms with E-state index in [0.717, 1.165) is 0 Å². The van der Waals surface area contributed by atoms with Crippen LogP contribution >= 0.6 is 0 Å². The van der Waals surface area contributed by atoms with Crippen molar-refractivity contribution in [2.24, 2.45) is 0 Å². The van der Waals surface area contributed by atoms with Crippen LogP contribution in [0.3, 0.4) is 0 Å². The van der Waals surface area contributed by atoms with Gasteiger partial charge in [-0.3, -0.25) is 10.1 Å². The fourth-order valence-corrected chi connectivity index (χ4v) is 0.955. The Bertz CT molecular complexity index is 399. The van der Waals surface area contributed by atoms with Crippen molar-refractivity contribution in [3.05, 3.63) is 11.8 Å². The summed E-state index contributed by atoms with van der Waals surface area (Å²) < 4.78 is 4.94. The largest absolute Gasteiger partial charge is 0.481 e. The summed E-state index contributed by atoms with van der Waals surface area (Å²) in [6.45, 7) is 4.52. The molecule has 0 bridgehead atoms. The number of anilines is 1. The van der Waals surface area contributed by atoms with Gasteiger partial charge in [-0.15, -0.1) is 0 Å². The molecule has 0 spiro atoms. The maximum atomic E-state index is 11.5. The number of carbonyl (C=O) groups is 1. The molecule has 0 radical (unpaired) electrons. The monoisotopic (exact) mass is 225 g/mol. The fourth-order valence-electron chi connectivity index (χ4n) is 0.955. The Morgan fingerprint density at radius 1 is 1.50 bits per heavy atom. The van der Waals surface area contributed by atoms with Crippen LogP contribution in [0, 0.1) is 6.92 Å². The van der Waals surface area contributed by atoms with Crippen molar-refractivity contribution in [2.45, 2.75) is 26.4 Å². The Morgan fingerprint density at radius 2 is 2.12 bits per heavy atom. The van der Waals surface area contributed by atoms with E-state index >= 15 is 0 Å². The first-order valence-corrected chi connectivity index (χ1v) is 4.76. The standard InChI is InChI=1S/C10H15N3O3/c1-6-5-7(16-4)12-9(11-6)13-8(14)10(2,3)15/h5,15H,1-4H3,(H,11,12,13,14). The third kappa shape index (κ3) is 3.16. The molecule has 0 aliphatic rings. The number of nitrogens with zero attached hydrogens (tertiary/aromatic N) is 2. The minimum absolute atomic E-state index is 0.115. The number of methoxy groups -OCH3 is 1. The molecule has 0 aliphatic heterocycles. The smallest absolute Gasteiger partial charge is 0.258 e. The van der Waals surface area contributed by atoms with Crippen molar-refractivity contribution in [2.75, 3.05) is 12.4 Å². The number of aliphatic hydroxyl groups is 1. The summed E-state index contributed by atoms with van der Waals surface area (Å²) in [4.78, 5) is 19.4. The van der Waals surface area contributed by atoms with E-state index in [9.17, 15) is 9.90 Å². The van der Waals surface area contributed by atoms with Crippen LogP contribution in [-0.4, -0.2) is 33.7 Å². The minimum Gasteiger partial charge on any atom is -0.481 e. The second-order valence-electron chi connectivity index (χ2n) is 3.89. The maximum absolute atomic E-state index is 11.5. The van der Waals surface area contributed by atoms with Crippen LogP contribution in [-0.2, 0) is 4.79 Å². The molecule has 16 heavy (non-hydrogen) atoms. The van der Waals surface area contributed by atoms with E-state index in [1.165, 1.54) is 21.0 Å². The molecule has 0 unspecified atom stereocenters. The number of hydrogen-bond acceptors (Lipinski definition) is 5. The van der Waals surface area contributed by atoms with Gasteiger partial charge in [0.1, 0.15) is 5.60 Å². The van der Waals surface area contributed by atoms with E-state index in [1.807, 2.05) is 0 Å². The Labute approximate surface area is 93.7 Å². The van der Waals surface area contributed by atoms with E-state index in [-0.39, 0.29) is 5.95 Å². The zero-order valence-corrected chi connectivity index (χ0v) is 9.74. The summed E-state index contributed by atoms with van der Waals surface area (Å²) >= 11 is 0. The molecule has 1 rings (SSSR count). The first-order valence-electron chi connectivity index (χ1n) is 4.76. The average molecular weight is 225 g/mol. The predicted molar refractivity (Wildman–Crippen MR) is 58.2 cm³/mol. The van der Waals surface area contributed by atoms with Crippen LogP contribution < -0.4 is 10.1 Å². The van der Waals surface area contributed by atoms with Gasteiger partial charge in [-0.25, -0.2) is 4.98 Å². The van der Waals surface area contributed by atoms with E-state index in [2.05, 4.69) is 15.3 Å². The van der Waals surface area contributed by atoms with E-state index in [1.54, 1.807) is 13.0 Å². The third-order valence-corrected chi connectivity index (χ3v) is 1.82. The molecule has 1 aromatic heterocycles. The quantitative estimate of drug-likeness (QED) is 0.782. The lowest BCUT2D eigenvalue weighted by Crippen LogP contribution is -2.37. The number of amides is 1. The summed E-state index contributed by atoms with van der Waals surface area (Å²) in [7, 11) is 1.48. The average Bonchev–Trinajstić information content (AvgIpc) is 2.15. The Morgan fingerprint density at radius 3 is 2.62 bits per heavy atom. The van der Waals surface area contributed by atoms with Crippen LogP contribution in [0.15, 0.2) is 6.07 Å². The van der Waals surface area contributed by atoms with Gasteiger partial charge < -0.3 is 9.84 Å². The zero-order valence-electron chi connectivity index (χ0n) is 9.74. The lowest BCUT2D eigenvalue weighted by molar-refractivity contribution is -0.130. The number of rotatable bonds is 3. The van der Waals surface area contributed by atoms with Crippen LogP contribution in [0.25, 0.3) is 0 Å². The highest BCUT2D eigenvalue weighted by atomic mass is 16.5. The molecule has 0 fully saturated rings. The highest BCUT2D eigenvalue weighted by molar-refractivity contribution is 5.95. The van der Waals surface area contributed by atoms with Gasteiger partial charge in [0.2, 0.25) is 11.8 Å². The maximum Gasteiger partial charge on any atom is 0.258 e. The molecular weight excluding hydrogens is 210 g/mol. The first-order chi connectivity index (χ1) is 7.32. The molecule has 1 heterocycles. The van der Waals surface area contributed by atoms with Gasteiger partial charge in [-0.05, 0) is 20.8 Å².